The largest absolute Gasteiger partial charge is 0.393 e. The molecule has 1 heterocycles. The summed E-state index contributed by atoms with van der Waals surface area (Å²) in [6, 6.07) is 0. The van der Waals surface area contributed by atoms with Crippen LogP contribution < -0.4 is 0 Å². The minimum absolute atomic E-state index is 0.170. The third-order valence-corrected chi connectivity index (χ3v) is 1.85. The van der Waals surface area contributed by atoms with E-state index in [1.54, 1.807) is 11.9 Å². The second kappa shape index (κ2) is 4.70. The lowest BCUT2D eigenvalue weighted by atomic mass is 10.1. The predicted molar refractivity (Wildman–Crippen MR) is 43.0 cm³/mol. The number of likely N-dealkylation sites (tertiary alicyclic amines) is 1. The van der Waals surface area contributed by atoms with Crippen molar-refractivity contribution in [1.82, 2.24) is 4.90 Å². The van der Waals surface area contributed by atoms with Gasteiger partial charge in [0.05, 0.1) is 5.92 Å². The van der Waals surface area contributed by atoms with E-state index in [1.165, 1.54) is 0 Å². The third-order valence-electron chi connectivity index (χ3n) is 1.85. The maximum Gasteiger partial charge on any atom is 0.393 e. The van der Waals surface area contributed by atoms with Gasteiger partial charge in [-0.15, -0.1) is 0 Å². The fraction of sp³-hybridized carbons (Fsp3) is 1.00. The Morgan fingerprint density at radius 2 is 1.75 bits per heavy atom. The van der Waals surface area contributed by atoms with E-state index in [-0.39, 0.29) is 13.0 Å². The van der Waals surface area contributed by atoms with Crippen LogP contribution in [-0.2, 0) is 0 Å². The van der Waals surface area contributed by atoms with E-state index < -0.39 is 12.1 Å². The van der Waals surface area contributed by atoms with Gasteiger partial charge in [-0.05, 0) is 20.0 Å². The Kier molecular flexibility index (Phi) is 4.60. The van der Waals surface area contributed by atoms with Crippen LogP contribution in [0.15, 0.2) is 0 Å². The summed E-state index contributed by atoms with van der Waals surface area (Å²) >= 11 is 0. The molecule has 1 aliphatic rings. The first-order valence-electron chi connectivity index (χ1n) is 4.25. The first-order valence-corrected chi connectivity index (χ1v) is 4.25. The van der Waals surface area contributed by atoms with Crippen molar-refractivity contribution in [3.63, 3.8) is 0 Å². The topological polar surface area (TPSA) is 3.24 Å². The average molecular weight is 183 g/mol. The van der Waals surface area contributed by atoms with Gasteiger partial charge in [-0.25, -0.2) is 0 Å². The first-order chi connectivity index (χ1) is 5.50. The van der Waals surface area contributed by atoms with Gasteiger partial charge in [-0.1, -0.05) is 13.8 Å². The van der Waals surface area contributed by atoms with Crippen LogP contribution in [0.5, 0.6) is 0 Å². The predicted octanol–water partition coefficient (Wildman–Crippen LogP) is 2.53. The summed E-state index contributed by atoms with van der Waals surface area (Å²) in [5.74, 6) is -1.09. The number of halogens is 3. The van der Waals surface area contributed by atoms with Crippen molar-refractivity contribution in [3.05, 3.63) is 0 Å². The lowest BCUT2D eigenvalue weighted by Gasteiger charge is -2.13. The summed E-state index contributed by atoms with van der Waals surface area (Å²) in [5, 5.41) is 0. The Labute approximate surface area is 71.6 Å². The van der Waals surface area contributed by atoms with Gasteiger partial charge in [0.15, 0.2) is 0 Å². The molecule has 1 nitrogen and oxygen atoms in total. The molecule has 12 heavy (non-hydrogen) atoms. The highest BCUT2D eigenvalue weighted by atomic mass is 19.4. The van der Waals surface area contributed by atoms with Crippen LogP contribution in [0.4, 0.5) is 13.2 Å². The quantitative estimate of drug-likeness (QED) is 0.557. The molecule has 0 amide bonds. The van der Waals surface area contributed by atoms with Crippen molar-refractivity contribution in [1.29, 1.82) is 0 Å². The van der Waals surface area contributed by atoms with Crippen LogP contribution >= 0.6 is 0 Å². The highest BCUT2D eigenvalue weighted by molar-refractivity contribution is 4.78. The molecule has 0 bridgehead atoms. The van der Waals surface area contributed by atoms with E-state index >= 15 is 0 Å². The van der Waals surface area contributed by atoms with E-state index in [2.05, 4.69) is 0 Å². The molecule has 4 heteroatoms. The average Bonchev–Trinajstić information content (AvgIpc) is 2.39. The summed E-state index contributed by atoms with van der Waals surface area (Å²) in [4.78, 5) is 1.71. The van der Waals surface area contributed by atoms with E-state index in [4.69, 9.17) is 0 Å². The molecule has 0 aromatic rings. The second-order valence-corrected chi connectivity index (χ2v) is 2.79. The van der Waals surface area contributed by atoms with Gasteiger partial charge in [-0.2, -0.15) is 13.2 Å². The van der Waals surface area contributed by atoms with Crippen molar-refractivity contribution >= 4 is 0 Å². The normalized spacial score (nSPS) is 25.0. The Balaban J connectivity index is 0.000000561. The highest BCUT2D eigenvalue weighted by Crippen LogP contribution is 2.32. The monoisotopic (exact) mass is 183 g/mol. The molecule has 1 atom stereocenters. The molecule has 0 saturated carbocycles. The van der Waals surface area contributed by atoms with Crippen molar-refractivity contribution < 1.29 is 13.2 Å². The van der Waals surface area contributed by atoms with Gasteiger partial charge < -0.3 is 4.90 Å². The molecule has 0 radical (unpaired) electrons. The second-order valence-electron chi connectivity index (χ2n) is 2.79. The molecule has 0 N–H and O–H groups in total. The first kappa shape index (κ1) is 11.8. The molecule has 1 saturated heterocycles. The summed E-state index contributed by atoms with van der Waals surface area (Å²) in [6.07, 6.45) is -3.72. The highest BCUT2D eigenvalue weighted by Gasteiger charge is 2.42. The lowest BCUT2D eigenvalue weighted by molar-refractivity contribution is -0.170. The van der Waals surface area contributed by atoms with Gasteiger partial charge in [0, 0.05) is 6.54 Å². The number of nitrogens with zero attached hydrogens (tertiary/aromatic N) is 1. The molecule has 1 aliphatic heterocycles. The SMILES string of the molecule is CC.CN1CCC(C(F)(F)F)C1. The maximum atomic E-state index is 11.9. The Bertz CT molecular complexity index is 122. The number of alkyl halides is 3. The van der Waals surface area contributed by atoms with Crippen LogP contribution in [0.25, 0.3) is 0 Å². The van der Waals surface area contributed by atoms with Crippen molar-refractivity contribution in [3.8, 4) is 0 Å². The molecular weight excluding hydrogens is 167 g/mol. The summed E-state index contributed by atoms with van der Waals surface area (Å²) < 4.78 is 35.7. The molecule has 74 valence electrons. The molecule has 1 fully saturated rings. The van der Waals surface area contributed by atoms with Crippen molar-refractivity contribution in [2.75, 3.05) is 20.1 Å². The smallest absolute Gasteiger partial charge is 0.306 e. The minimum Gasteiger partial charge on any atom is -0.306 e. The maximum absolute atomic E-state index is 11.9. The van der Waals surface area contributed by atoms with Gasteiger partial charge in [0.1, 0.15) is 0 Å². The number of rotatable bonds is 0. The molecule has 0 aromatic heterocycles. The van der Waals surface area contributed by atoms with Crippen LogP contribution in [-0.4, -0.2) is 31.2 Å². The van der Waals surface area contributed by atoms with E-state index in [0.29, 0.717) is 6.54 Å². The molecular formula is C8H16F3N. The zero-order chi connectivity index (χ0) is 9.78. The zero-order valence-corrected chi connectivity index (χ0v) is 7.78. The van der Waals surface area contributed by atoms with Crippen molar-refractivity contribution in [2.24, 2.45) is 5.92 Å². The molecule has 0 aliphatic carbocycles. The van der Waals surface area contributed by atoms with E-state index in [0.717, 1.165) is 0 Å². The summed E-state index contributed by atoms with van der Waals surface area (Å²) in [5.41, 5.74) is 0. The Morgan fingerprint density at radius 3 is 1.92 bits per heavy atom. The van der Waals surface area contributed by atoms with E-state index in [1.807, 2.05) is 13.8 Å². The van der Waals surface area contributed by atoms with Gasteiger partial charge >= 0.3 is 6.18 Å². The molecule has 0 spiro atoms. The van der Waals surface area contributed by atoms with Crippen LogP contribution in [0.2, 0.25) is 0 Å². The summed E-state index contributed by atoms with van der Waals surface area (Å²) in [6.45, 7) is 4.74. The fourth-order valence-electron chi connectivity index (χ4n) is 1.20. The zero-order valence-electron chi connectivity index (χ0n) is 7.78. The van der Waals surface area contributed by atoms with Gasteiger partial charge in [-0.3, -0.25) is 0 Å². The number of hydrogen-bond acceptors (Lipinski definition) is 1. The Morgan fingerprint density at radius 1 is 1.25 bits per heavy atom. The standard InChI is InChI=1S/C6H10F3N.C2H6/c1-10-3-2-5(4-10)6(7,8)9;1-2/h5H,2-4H2,1H3;1-2H3. The van der Waals surface area contributed by atoms with Gasteiger partial charge in [0.2, 0.25) is 0 Å². The minimum atomic E-state index is -3.98. The van der Waals surface area contributed by atoms with Gasteiger partial charge in [0.25, 0.3) is 0 Å². The Hall–Kier alpha value is -0.250. The fourth-order valence-corrected chi connectivity index (χ4v) is 1.20. The lowest BCUT2D eigenvalue weighted by Crippen LogP contribution is -2.25. The summed E-state index contributed by atoms with van der Waals surface area (Å²) in [7, 11) is 1.71. The molecule has 1 unspecified atom stereocenters. The van der Waals surface area contributed by atoms with Crippen LogP contribution in [0.3, 0.4) is 0 Å². The number of hydrogen-bond donors (Lipinski definition) is 0. The van der Waals surface area contributed by atoms with Crippen molar-refractivity contribution in [2.45, 2.75) is 26.4 Å². The molecule has 0 aromatic carbocycles. The third kappa shape index (κ3) is 3.43. The van der Waals surface area contributed by atoms with Crippen LogP contribution in [0, 0.1) is 5.92 Å². The molecule has 1 rings (SSSR count). The van der Waals surface area contributed by atoms with E-state index in [9.17, 15) is 13.2 Å². The van der Waals surface area contributed by atoms with Crippen LogP contribution in [0.1, 0.15) is 20.3 Å².